The summed E-state index contributed by atoms with van der Waals surface area (Å²) in [7, 11) is 0. The van der Waals surface area contributed by atoms with Crippen LogP contribution in [0.25, 0.3) is 5.69 Å². The maximum Gasteiger partial charge on any atom is 0.418 e. The van der Waals surface area contributed by atoms with Gasteiger partial charge in [-0.25, -0.2) is 4.68 Å². The van der Waals surface area contributed by atoms with Gasteiger partial charge in [0.05, 0.1) is 17.8 Å². The molecule has 6 nitrogen and oxygen atoms in total. The number of amides is 1. The van der Waals surface area contributed by atoms with Gasteiger partial charge in [-0.2, -0.15) is 18.3 Å². The van der Waals surface area contributed by atoms with Crippen molar-refractivity contribution in [1.29, 1.82) is 0 Å². The Bertz CT molecular complexity index is 1150. The van der Waals surface area contributed by atoms with E-state index in [1.807, 2.05) is 0 Å². The Morgan fingerprint density at radius 2 is 1.84 bits per heavy atom. The fourth-order valence-corrected chi connectivity index (χ4v) is 2.92. The van der Waals surface area contributed by atoms with Crippen molar-refractivity contribution in [3.63, 3.8) is 0 Å². The van der Waals surface area contributed by atoms with Crippen LogP contribution >= 0.6 is 11.6 Å². The molecule has 0 atom stereocenters. The van der Waals surface area contributed by atoms with Gasteiger partial charge in [0.25, 0.3) is 5.91 Å². The third-order valence-electron chi connectivity index (χ3n) is 4.23. The highest BCUT2D eigenvalue weighted by atomic mass is 35.5. The summed E-state index contributed by atoms with van der Waals surface area (Å²) in [6.07, 6.45) is -4.63. The van der Waals surface area contributed by atoms with Crippen LogP contribution in [0, 0.1) is 6.92 Å². The minimum Gasteiger partial charge on any atom is -0.492 e. The molecule has 0 fully saturated rings. The summed E-state index contributed by atoms with van der Waals surface area (Å²) in [5.74, 6) is -0.277. The van der Waals surface area contributed by atoms with Crippen LogP contribution in [0.15, 0.2) is 59.4 Å². The Morgan fingerprint density at radius 1 is 1.16 bits per heavy atom. The molecule has 0 spiro atoms. The first-order valence-electron chi connectivity index (χ1n) is 9.11. The predicted octanol–water partition coefficient (Wildman–Crippen LogP) is 4.02. The van der Waals surface area contributed by atoms with Gasteiger partial charge >= 0.3 is 6.18 Å². The van der Waals surface area contributed by atoms with Crippen LogP contribution in [-0.4, -0.2) is 28.8 Å². The first-order chi connectivity index (χ1) is 14.7. The molecule has 0 aliphatic heterocycles. The summed E-state index contributed by atoms with van der Waals surface area (Å²) in [4.78, 5) is 24.6. The number of carbonyl (C=O) groups excluding carboxylic acids is 1. The number of nitrogens with zero attached hydrogens (tertiary/aromatic N) is 2. The molecule has 1 amide bonds. The van der Waals surface area contributed by atoms with Gasteiger partial charge in [0.2, 0.25) is 5.43 Å². The Labute approximate surface area is 180 Å². The summed E-state index contributed by atoms with van der Waals surface area (Å²) in [5.41, 5.74) is -2.28. The van der Waals surface area contributed by atoms with Crippen molar-refractivity contribution in [1.82, 2.24) is 15.1 Å². The van der Waals surface area contributed by atoms with Gasteiger partial charge in [-0.1, -0.05) is 23.7 Å². The summed E-state index contributed by atoms with van der Waals surface area (Å²) < 4.78 is 46.5. The molecule has 1 heterocycles. The Balaban J connectivity index is 1.77. The Morgan fingerprint density at radius 3 is 2.52 bits per heavy atom. The number of nitrogens with one attached hydrogen (secondary N) is 1. The smallest absolute Gasteiger partial charge is 0.418 e. The second kappa shape index (κ2) is 9.22. The fraction of sp³-hybridized carbons (Fsp3) is 0.190. The Kier molecular flexibility index (Phi) is 6.65. The number of ether oxygens (including phenoxy) is 1. The molecule has 0 radical (unpaired) electrons. The highest BCUT2D eigenvalue weighted by molar-refractivity contribution is 6.30. The van der Waals surface area contributed by atoms with Crippen molar-refractivity contribution in [3.8, 4) is 11.4 Å². The van der Waals surface area contributed by atoms with E-state index in [4.69, 9.17) is 16.3 Å². The highest BCUT2D eigenvalue weighted by Gasteiger charge is 2.34. The third kappa shape index (κ3) is 5.43. The lowest BCUT2D eigenvalue weighted by molar-refractivity contribution is -0.137. The maximum atomic E-state index is 13.4. The zero-order valence-electron chi connectivity index (χ0n) is 16.2. The molecule has 3 aromatic rings. The molecular weight excluding hydrogens is 435 g/mol. The number of hydrogen-bond acceptors (Lipinski definition) is 4. The zero-order valence-corrected chi connectivity index (χ0v) is 17.0. The van der Waals surface area contributed by atoms with Gasteiger partial charge < -0.3 is 10.1 Å². The molecule has 31 heavy (non-hydrogen) atoms. The number of halogens is 4. The van der Waals surface area contributed by atoms with Crippen molar-refractivity contribution >= 4 is 17.5 Å². The first kappa shape index (κ1) is 22.4. The summed E-state index contributed by atoms with van der Waals surface area (Å²) >= 11 is 5.79. The van der Waals surface area contributed by atoms with E-state index in [-0.39, 0.29) is 24.5 Å². The number of rotatable bonds is 6. The number of alkyl halides is 3. The van der Waals surface area contributed by atoms with E-state index in [2.05, 4.69) is 10.4 Å². The second-order valence-electron chi connectivity index (χ2n) is 6.48. The van der Waals surface area contributed by atoms with E-state index in [1.54, 1.807) is 24.3 Å². The van der Waals surface area contributed by atoms with Crippen LogP contribution in [0.3, 0.4) is 0 Å². The molecule has 2 aromatic carbocycles. The normalized spacial score (nSPS) is 11.3. The number of benzene rings is 2. The maximum absolute atomic E-state index is 13.4. The summed E-state index contributed by atoms with van der Waals surface area (Å²) in [5, 5.41) is 6.93. The molecular formula is C21H17ClF3N3O3. The molecule has 0 aliphatic rings. The Hall–Kier alpha value is -3.33. The lowest BCUT2D eigenvalue weighted by Crippen LogP contribution is -2.34. The van der Waals surface area contributed by atoms with E-state index in [9.17, 15) is 22.8 Å². The predicted molar refractivity (Wildman–Crippen MR) is 109 cm³/mol. The molecule has 0 unspecified atom stereocenters. The minimum atomic E-state index is -4.63. The SMILES string of the molecule is Cc1cc(=O)c(C(=O)NCCOc2ccc(Cl)cc2)nn1-c1ccccc1C(F)(F)F. The van der Waals surface area contributed by atoms with Crippen LogP contribution in [0.1, 0.15) is 21.7 Å². The fourth-order valence-electron chi connectivity index (χ4n) is 2.79. The molecule has 1 aromatic heterocycles. The second-order valence-corrected chi connectivity index (χ2v) is 6.92. The zero-order chi connectivity index (χ0) is 22.6. The number of carbonyl (C=O) groups is 1. The molecule has 0 bridgehead atoms. The quantitative estimate of drug-likeness (QED) is 0.574. The number of hydrogen-bond donors (Lipinski definition) is 1. The lowest BCUT2D eigenvalue weighted by Gasteiger charge is -2.16. The van der Waals surface area contributed by atoms with Gasteiger partial charge in [0.1, 0.15) is 12.4 Å². The van der Waals surface area contributed by atoms with Crippen LogP contribution in [0.2, 0.25) is 5.02 Å². The van der Waals surface area contributed by atoms with Crippen molar-refractivity contribution in [2.45, 2.75) is 13.1 Å². The molecule has 162 valence electrons. The average molecular weight is 452 g/mol. The van der Waals surface area contributed by atoms with Crippen LogP contribution < -0.4 is 15.5 Å². The van der Waals surface area contributed by atoms with E-state index in [0.717, 1.165) is 16.8 Å². The van der Waals surface area contributed by atoms with Gasteiger partial charge in [0, 0.05) is 16.8 Å². The lowest BCUT2D eigenvalue weighted by atomic mass is 10.1. The van der Waals surface area contributed by atoms with Crippen molar-refractivity contribution in [3.05, 3.63) is 86.8 Å². The molecule has 3 rings (SSSR count). The van der Waals surface area contributed by atoms with Crippen LogP contribution in [0.5, 0.6) is 5.75 Å². The molecule has 0 aliphatic carbocycles. The summed E-state index contributed by atoms with van der Waals surface area (Å²) in [6.45, 7) is 1.59. The monoisotopic (exact) mass is 451 g/mol. The van der Waals surface area contributed by atoms with E-state index in [0.29, 0.717) is 10.8 Å². The minimum absolute atomic E-state index is 0.0512. The first-order valence-corrected chi connectivity index (χ1v) is 9.49. The van der Waals surface area contributed by atoms with Crippen LogP contribution in [-0.2, 0) is 6.18 Å². The average Bonchev–Trinajstić information content (AvgIpc) is 2.72. The van der Waals surface area contributed by atoms with Gasteiger partial charge in [0.15, 0.2) is 5.69 Å². The van der Waals surface area contributed by atoms with Gasteiger partial charge in [-0.15, -0.1) is 0 Å². The summed E-state index contributed by atoms with van der Waals surface area (Å²) in [6, 6.07) is 12.5. The van der Waals surface area contributed by atoms with E-state index < -0.39 is 28.8 Å². The molecule has 1 N–H and O–H groups in total. The molecule has 0 saturated carbocycles. The highest BCUT2D eigenvalue weighted by Crippen LogP contribution is 2.33. The van der Waals surface area contributed by atoms with Crippen LogP contribution in [0.4, 0.5) is 13.2 Å². The topological polar surface area (TPSA) is 73.2 Å². The van der Waals surface area contributed by atoms with Gasteiger partial charge in [-0.05, 0) is 43.3 Å². The molecule has 10 heteroatoms. The number of aryl methyl sites for hydroxylation is 1. The van der Waals surface area contributed by atoms with Crippen molar-refractivity contribution in [2.75, 3.05) is 13.2 Å². The van der Waals surface area contributed by atoms with E-state index >= 15 is 0 Å². The standard InChI is InChI=1S/C21H17ClF3N3O3/c1-13-12-18(29)19(20(30)26-10-11-31-15-8-6-14(22)7-9-15)27-28(13)17-5-3-2-4-16(17)21(23,24)25/h2-9,12H,10-11H2,1H3,(H,26,30). The third-order valence-corrected chi connectivity index (χ3v) is 4.48. The van der Waals surface area contributed by atoms with Gasteiger partial charge in [-0.3, -0.25) is 9.59 Å². The number of para-hydroxylation sites is 1. The van der Waals surface area contributed by atoms with Crippen molar-refractivity contribution < 1.29 is 22.7 Å². The van der Waals surface area contributed by atoms with E-state index in [1.165, 1.54) is 25.1 Å². The molecule has 0 saturated heterocycles. The number of aromatic nitrogens is 2. The van der Waals surface area contributed by atoms with Crippen molar-refractivity contribution in [2.24, 2.45) is 0 Å². The largest absolute Gasteiger partial charge is 0.492 e.